The van der Waals surface area contributed by atoms with Gasteiger partial charge in [0, 0.05) is 31.7 Å². The van der Waals surface area contributed by atoms with E-state index in [1.165, 1.54) is 0 Å². The minimum Gasteiger partial charge on any atom is -0.479 e. The van der Waals surface area contributed by atoms with E-state index in [9.17, 15) is 19.5 Å². The number of amides is 2. The van der Waals surface area contributed by atoms with Gasteiger partial charge in [-0.05, 0) is 94.2 Å². The van der Waals surface area contributed by atoms with Crippen LogP contribution in [0.4, 0.5) is 0 Å². The molecule has 1 atom stereocenters. The summed E-state index contributed by atoms with van der Waals surface area (Å²) in [5.74, 6) is -1.99. The van der Waals surface area contributed by atoms with Gasteiger partial charge in [-0.15, -0.1) is 0 Å². The van der Waals surface area contributed by atoms with Crippen LogP contribution < -0.4 is 0 Å². The Kier molecular flexibility index (Phi) is 7.47. The highest BCUT2D eigenvalue weighted by molar-refractivity contribution is 6.35. The topological polar surface area (TPSA) is 87.1 Å². The molecule has 0 aliphatic carbocycles. The van der Waals surface area contributed by atoms with Crippen LogP contribution >= 0.6 is 0 Å². The monoisotopic (exact) mass is 506 g/mol. The summed E-state index contributed by atoms with van der Waals surface area (Å²) >= 11 is 0. The summed E-state index contributed by atoms with van der Waals surface area (Å²) in [4.78, 5) is 42.1. The Morgan fingerprint density at radius 1 is 0.838 bits per heavy atom. The molecule has 0 radical (unpaired) electrons. The lowest BCUT2D eigenvalue weighted by atomic mass is 9.83. The molecule has 1 N–H and O–H groups in total. The second-order valence-electron chi connectivity index (χ2n) is 11.3. The van der Waals surface area contributed by atoms with Crippen molar-refractivity contribution in [3.63, 3.8) is 0 Å². The number of carboxylic acid groups (broad SMARTS) is 1. The van der Waals surface area contributed by atoms with E-state index in [4.69, 9.17) is 4.74 Å². The predicted octanol–water partition coefficient (Wildman–Crippen LogP) is 5.07. The molecule has 2 heterocycles. The van der Waals surface area contributed by atoms with Gasteiger partial charge in [0.15, 0.2) is 6.10 Å². The van der Waals surface area contributed by atoms with Gasteiger partial charge in [-0.1, -0.05) is 29.8 Å². The first-order valence-corrected chi connectivity index (χ1v) is 13.1. The van der Waals surface area contributed by atoms with Crippen LogP contribution in [0.1, 0.15) is 79.5 Å². The lowest BCUT2D eigenvalue weighted by Crippen LogP contribution is -2.45. The van der Waals surface area contributed by atoms with E-state index >= 15 is 0 Å². The molecule has 1 saturated heterocycles. The second-order valence-corrected chi connectivity index (χ2v) is 11.3. The second kappa shape index (κ2) is 10.3. The van der Waals surface area contributed by atoms with Crippen molar-refractivity contribution in [2.75, 3.05) is 13.1 Å². The Morgan fingerprint density at radius 2 is 1.38 bits per heavy atom. The average molecular weight is 507 g/mol. The third-order valence-electron chi connectivity index (χ3n) is 7.43. The summed E-state index contributed by atoms with van der Waals surface area (Å²) in [5.41, 5.74) is 6.37. The third kappa shape index (κ3) is 5.42. The quantitative estimate of drug-likeness (QED) is 0.585. The Labute approximate surface area is 219 Å². The van der Waals surface area contributed by atoms with Crippen molar-refractivity contribution >= 4 is 17.8 Å². The highest BCUT2D eigenvalue weighted by Gasteiger charge is 2.38. The van der Waals surface area contributed by atoms with Gasteiger partial charge in [-0.3, -0.25) is 9.59 Å². The van der Waals surface area contributed by atoms with Crippen molar-refractivity contribution in [1.29, 1.82) is 0 Å². The highest BCUT2D eigenvalue weighted by Crippen LogP contribution is 2.43. The van der Waals surface area contributed by atoms with Gasteiger partial charge in [0.25, 0.3) is 0 Å². The maximum absolute atomic E-state index is 13.3. The summed E-state index contributed by atoms with van der Waals surface area (Å²) in [6.45, 7) is 13.3. The zero-order chi connectivity index (χ0) is 27.1. The van der Waals surface area contributed by atoms with Crippen LogP contribution in [0, 0.1) is 20.8 Å². The standard InChI is InChI=1S/C30H38N2O5/c1-18-10-12-21(13-11-18)24-19(2)22-16-32(28(34)27(33)31-14-8-7-9-15-31)17-23(22)20(3)25(24)26(29(35)36)37-30(4,5)6/h10-13,26H,7-9,14-17H2,1-6H3,(H,35,36)/t26-/m0/s1. The number of carbonyl (C=O) groups excluding carboxylic acids is 2. The van der Waals surface area contributed by atoms with E-state index in [1.807, 2.05) is 65.8 Å². The predicted molar refractivity (Wildman–Crippen MR) is 142 cm³/mol. The minimum absolute atomic E-state index is 0.281. The summed E-state index contributed by atoms with van der Waals surface area (Å²) in [5, 5.41) is 10.3. The van der Waals surface area contributed by atoms with Crippen LogP contribution in [0.5, 0.6) is 0 Å². The number of nitrogens with zero attached hydrogens (tertiary/aromatic N) is 2. The number of piperidine rings is 1. The van der Waals surface area contributed by atoms with Crippen LogP contribution in [-0.2, 0) is 32.2 Å². The van der Waals surface area contributed by atoms with E-state index in [-0.39, 0.29) is 6.54 Å². The molecule has 2 aliphatic rings. The van der Waals surface area contributed by atoms with Crippen molar-refractivity contribution in [2.45, 2.75) is 85.6 Å². The van der Waals surface area contributed by atoms with Gasteiger partial charge in [-0.25, -0.2) is 4.79 Å². The molecule has 0 spiro atoms. The molecule has 7 heteroatoms. The Bertz CT molecular complexity index is 1220. The van der Waals surface area contributed by atoms with E-state index in [0.717, 1.165) is 58.2 Å². The lowest BCUT2D eigenvalue weighted by molar-refractivity contribution is -0.160. The Morgan fingerprint density at radius 3 is 1.92 bits per heavy atom. The summed E-state index contributed by atoms with van der Waals surface area (Å²) < 4.78 is 6.12. The fourth-order valence-corrected chi connectivity index (χ4v) is 5.54. The number of aliphatic carboxylic acids is 1. The Balaban J connectivity index is 1.82. The number of benzene rings is 2. The van der Waals surface area contributed by atoms with Crippen molar-refractivity contribution in [3.8, 4) is 11.1 Å². The first kappa shape index (κ1) is 26.9. The number of fused-ring (bicyclic) bond motifs is 1. The number of hydrogen-bond donors (Lipinski definition) is 1. The molecule has 4 rings (SSSR count). The maximum Gasteiger partial charge on any atom is 0.337 e. The van der Waals surface area contributed by atoms with Crippen LogP contribution in [0.15, 0.2) is 24.3 Å². The van der Waals surface area contributed by atoms with Crippen molar-refractivity contribution in [3.05, 3.63) is 57.6 Å². The molecule has 0 saturated carbocycles. The SMILES string of the molecule is Cc1ccc(-c2c(C)c3c(c(C)c2[C@H](OC(C)(C)C)C(=O)O)CN(C(=O)C(=O)N2CCCCC2)C3)cc1. The van der Waals surface area contributed by atoms with Crippen molar-refractivity contribution in [1.82, 2.24) is 9.80 Å². The number of ether oxygens (including phenoxy) is 1. The number of carbonyl (C=O) groups is 3. The minimum atomic E-state index is -1.18. The van der Waals surface area contributed by atoms with Gasteiger partial charge < -0.3 is 19.6 Å². The van der Waals surface area contributed by atoms with Crippen LogP contribution in [0.2, 0.25) is 0 Å². The lowest BCUT2D eigenvalue weighted by Gasteiger charge is -2.29. The van der Waals surface area contributed by atoms with Crippen molar-refractivity contribution < 1.29 is 24.2 Å². The van der Waals surface area contributed by atoms with Crippen LogP contribution in [-0.4, -0.2) is 51.4 Å². The normalized spacial score (nSPS) is 16.5. The number of hydrogen-bond acceptors (Lipinski definition) is 4. The average Bonchev–Trinajstić information content (AvgIpc) is 3.31. The molecule has 2 amide bonds. The molecule has 2 aliphatic heterocycles. The number of aryl methyl sites for hydroxylation is 1. The van der Waals surface area contributed by atoms with E-state index < -0.39 is 29.5 Å². The van der Waals surface area contributed by atoms with Gasteiger partial charge in [0.05, 0.1) is 5.60 Å². The fraction of sp³-hybridized carbons (Fsp3) is 0.500. The molecule has 0 aromatic heterocycles. The molecule has 2 aromatic rings. The zero-order valence-corrected chi connectivity index (χ0v) is 22.8. The summed E-state index contributed by atoms with van der Waals surface area (Å²) in [6, 6.07) is 8.02. The first-order valence-electron chi connectivity index (χ1n) is 13.1. The largest absolute Gasteiger partial charge is 0.479 e. The molecule has 198 valence electrons. The van der Waals surface area contributed by atoms with Gasteiger partial charge in [0.2, 0.25) is 0 Å². The molecule has 7 nitrogen and oxygen atoms in total. The van der Waals surface area contributed by atoms with E-state index in [0.29, 0.717) is 25.2 Å². The highest BCUT2D eigenvalue weighted by atomic mass is 16.5. The van der Waals surface area contributed by atoms with Gasteiger partial charge >= 0.3 is 17.8 Å². The molecular formula is C30H38N2O5. The molecule has 37 heavy (non-hydrogen) atoms. The third-order valence-corrected chi connectivity index (χ3v) is 7.43. The summed E-state index contributed by atoms with van der Waals surface area (Å²) in [6.07, 6.45) is 1.74. The van der Waals surface area contributed by atoms with Crippen molar-refractivity contribution in [2.24, 2.45) is 0 Å². The molecular weight excluding hydrogens is 468 g/mol. The smallest absolute Gasteiger partial charge is 0.337 e. The van der Waals surface area contributed by atoms with Crippen LogP contribution in [0.3, 0.4) is 0 Å². The summed E-state index contributed by atoms with van der Waals surface area (Å²) in [7, 11) is 0. The maximum atomic E-state index is 13.3. The van der Waals surface area contributed by atoms with Gasteiger partial charge in [0.1, 0.15) is 0 Å². The number of carboxylic acids is 1. The Hall–Kier alpha value is -3.19. The number of rotatable bonds is 4. The van der Waals surface area contributed by atoms with E-state index in [1.54, 1.807) is 9.80 Å². The fourth-order valence-electron chi connectivity index (χ4n) is 5.54. The molecule has 0 unspecified atom stereocenters. The first-order chi connectivity index (χ1) is 17.4. The number of likely N-dealkylation sites (tertiary alicyclic amines) is 1. The van der Waals surface area contributed by atoms with Gasteiger partial charge in [-0.2, -0.15) is 0 Å². The molecule has 2 aromatic carbocycles. The van der Waals surface area contributed by atoms with E-state index in [2.05, 4.69) is 0 Å². The molecule has 0 bridgehead atoms. The van der Waals surface area contributed by atoms with Crippen LogP contribution in [0.25, 0.3) is 11.1 Å². The zero-order valence-electron chi connectivity index (χ0n) is 22.8. The molecule has 1 fully saturated rings.